The molecule has 96 valence electrons. The van der Waals surface area contributed by atoms with Gasteiger partial charge in [-0.1, -0.05) is 56.3 Å². The Morgan fingerprint density at radius 1 is 1.22 bits per heavy atom. The summed E-state index contributed by atoms with van der Waals surface area (Å²) in [5, 5.41) is 0. The van der Waals surface area contributed by atoms with Crippen molar-refractivity contribution < 1.29 is 9.53 Å². The van der Waals surface area contributed by atoms with Crippen LogP contribution in [-0.2, 0) is 9.53 Å². The number of rotatable bonds is 5. The lowest BCUT2D eigenvalue weighted by Gasteiger charge is -2.04. The Morgan fingerprint density at radius 3 is 2.44 bits per heavy atom. The molecule has 2 heteroatoms. The lowest BCUT2D eigenvalue weighted by Crippen LogP contribution is -1.98. The van der Waals surface area contributed by atoms with Crippen LogP contribution in [-0.4, -0.2) is 12.6 Å². The van der Waals surface area contributed by atoms with Crippen molar-refractivity contribution in [3.8, 4) is 0 Å². The van der Waals surface area contributed by atoms with Crippen LogP contribution >= 0.6 is 0 Å². The molecule has 1 rings (SSSR count). The van der Waals surface area contributed by atoms with E-state index < -0.39 is 0 Å². The molecule has 0 aromatic heterocycles. The molecule has 0 atom stereocenters. The molecule has 0 unspecified atom stereocenters. The highest BCUT2D eigenvalue weighted by Crippen LogP contribution is 2.15. The van der Waals surface area contributed by atoms with Gasteiger partial charge in [-0.3, -0.25) is 0 Å². The van der Waals surface area contributed by atoms with Gasteiger partial charge in [-0.25, -0.2) is 4.79 Å². The molecule has 0 N–H and O–H groups in total. The van der Waals surface area contributed by atoms with E-state index in [9.17, 15) is 4.79 Å². The third-order valence-electron chi connectivity index (χ3n) is 2.52. The molecular weight excluding hydrogens is 224 g/mol. The quantitative estimate of drug-likeness (QED) is 0.445. The molecule has 0 bridgehead atoms. The number of allylic oxidation sites excluding steroid dienone is 2. The first-order valence-corrected chi connectivity index (χ1v) is 6.25. The van der Waals surface area contributed by atoms with E-state index in [1.807, 2.05) is 12.2 Å². The minimum Gasteiger partial charge on any atom is -0.463 e. The van der Waals surface area contributed by atoms with Crippen molar-refractivity contribution >= 4 is 12.0 Å². The molecule has 0 aliphatic carbocycles. The first kappa shape index (κ1) is 14.2. The number of carbonyl (C=O) groups is 1. The molecule has 1 aromatic carbocycles. The first-order chi connectivity index (χ1) is 8.63. The summed E-state index contributed by atoms with van der Waals surface area (Å²) in [6, 6.07) is 8.40. The maximum absolute atomic E-state index is 11.0. The Morgan fingerprint density at radius 2 is 1.89 bits per heavy atom. The molecule has 0 heterocycles. The van der Waals surface area contributed by atoms with Crippen molar-refractivity contribution in [3.05, 3.63) is 53.6 Å². The van der Waals surface area contributed by atoms with E-state index in [4.69, 9.17) is 4.74 Å². The summed E-state index contributed by atoms with van der Waals surface area (Å²) in [7, 11) is 0. The Labute approximate surface area is 109 Å². The maximum Gasteiger partial charge on any atom is 0.330 e. The van der Waals surface area contributed by atoms with Gasteiger partial charge in [0.2, 0.25) is 0 Å². The van der Waals surface area contributed by atoms with Crippen LogP contribution in [0.5, 0.6) is 0 Å². The second kappa shape index (κ2) is 7.49. The minimum atomic E-state index is -0.308. The highest BCUT2D eigenvalue weighted by molar-refractivity contribution is 5.82. The van der Waals surface area contributed by atoms with Crippen molar-refractivity contribution in [1.82, 2.24) is 0 Å². The predicted octanol–water partition coefficient (Wildman–Crippen LogP) is 3.94. The van der Waals surface area contributed by atoms with E-state index in [2.05, 4.69) is 38.1 Å². The smallest absolute Gasteiger partial charge is 0.330 e. The molecule has 0 saturated heterocycles. The average Bonchev–Trinajstić information content (AvgIpc) is 2.35. The zero-order valence-corrected chi connectivity index (χ0v) is 11.2. The van der Waals surface area contributed by atoms with Gasteiger partial charge in [0, 0.05) is 6.08 Å². The van der Waals surface area contributed by atoms with Crippen LogP contribution in [0, 0.1) is 0 Å². The third kappa shape index (κ3) is 5.00. The molecule has 0 radical (unpaired) electrons. The zero-order valence-electron chi connectivity index (χ0n) is 11.2. The lowest BCUT2D eigenvalue weighted by molar-refractivity contribution is -0.137. The van der Waals surface area contributed by atoms with Gasteiger partial charge < -0.3 is 4.74 Å². The molecule has 18 heavy (non-hydrogen) atoms. The molecule has 0 aliphatic heterocycles. The van der Waals surface area contributed by atoms with Gasteiger partial charge in [-0.15, -0.1) is 0 Å². The van der Waals surface area contributed by atoms with Crippen LogP contribution in [0.1, 0.15) is 37.8 Å². The van der Waals surface area contributed by atoms with Crippen molar-refractivity contribution in [2.45, 2.75) is 26.7 Å². The van der Waals surface area contributed by atoms with Crippen LogP contribution in [0.2, 0.25) is 0 Å². The van der Waals surface area contributed by atoms with Gasteiger partial charge in [0.1, 0.15) is 0 Å². The second-order valence-electron chi connectivity index (χ2n) is 4.29. The molecule has 1 aromatic rings. The number of carbonyl (C=O) groups excluding carboxylic acids is 1. The van der Waals surface area contributed by atoms with E-state index in [0.717, 1.165) is 5.56 Å². The van der Waals surface area contributed by atoms with Crippen molar-refractivity contribution in [1.29, 1.82) is 0 Å². The van der Waals surface area contributed by atoms with Crippen molar-refractivity contribution in [2.24, 2.45) is 0 Å². The van der Waals surface area contributed by atoms with Gasteiger partial charge in [-0.2, -0.15) is 0 Å². The summed E-state index contributed by atoms with van der Waals surface area (Å²) in [5.41, 5.74) is 2.45. The number of hydrogen-bond donors (Lipinski definition) is 0. The van der Waals surface area contributed by atoms with Crippen LogP contribution < -0.4 is 0 Å². The monoisotopic (exact) mass is 244 g/mol. The molecular formula is C16H20O2. The Kier molecular flexibility index (Phi) is 5.92. The normalized spacial score (nSPS) is 11.6. The molecule has 2 nitrogen and oxygen atoms in total. The summed E-state index contributed by atoms with van der Waals surface area (Å²) >= 11 is 0. The first-order valence-electron chi connectivity index (χ1n) is 6.25. The van der Waals surface area contributed by atoms with E-state index >= 15 is 0 Å². The van der Waals surface area contributed by atoms with Gasteiger partial charge in [0.05, 0.1) is 6.61 Å². The highest BCUT2D eigenvalue weighted by Gasteiger charge is 1.96. The zero-order chi connectivity index (χ0) is 13.4. The highest BCUT2D eigenvalue weighted by atomic mass is 16.5. The molecule has 0 saturated carbocycles. The Balaban J connectivity index is 2.54. The van der Waals surface area contributed by atoms with E-state index in [1.54, 1.807) is 13.0 Å². The summed E-state index contributed by atoms with van der Waals surface area (Å²) in [6.45, 7) is 6.54. The van der Waals surface area contributed by atoms with E-state index in [-0.39, 0.29) is 5.97 Å². The SMILES string of the molecule is CCOC(=O)C=CC=Cc1ccc(C(C)C)cc1. The van der Waals surface area contributed by atoms with Gasteiger partial charge in [-0.05, 0) is 24.0 Å². The molecule has 0 fully saturated rings. The summed E-state index contributed by atoms with van der Waals surface area (Å²) in [5.74, 6) is 0.240. The number of ether oxygens (including phenoxy) is 1. The fourth-order valence-corrected chi connectivity index (χ4v) is 1.48. The largest absolute Gasteiger partial charge is 0.463 e. The van der Waals surface area contributed by atoms with Crippen molar-refractivity contribution in [2.75, 3.05) is 6.61 Å². The minimum absolute atomic E-state index is 0.308. The second-order valence-corrected chi connectivity index (χ2v) is 4.29. The average molecular weight is 244 g/mol. The summed E-state index contributed by atoms with van der Waals surface area (Å²) in [6.07, 6.45) is 6.90. The van der Waals surface area contributed by atoms with Gasteiger partial charge >= 0.3 is 5.97 Å². The number of hydrogen-bond acceptors (Lipinski definition) is 2. The van der Waals surface area contributed by atoms with Crippen LogP contribution in [0.3, 0.4) is 0 Å². The van der Waals surface area contributed by atoms with Gasteiger partial charge in [0.25, 0.3) is 0 Å². The third-order valence-corrected chi connectivity index (χ3v) is 2.52. The van der Waals surface area contributed by atoms with Crippen LogP contribution in [0.25, 0.3) is 6.08 Å². The maximum atomic E-state index is 11.0. The Bertz CT molecular complexity index is 425. The lowest BCUT2D eigenvalue weighted by atomic mass is 10.0. The van der Waals surface area contributed by atoms with Crippen LogP contribution in [0.4, 0.5) is 0 Å². The van der Waals surface area contributed by atoms with Crippen LogP contribution in [0.15, 0.2) is 42.5 Å². The number of benzene rings is 1. The fourth-order valence-electron chi connectivity index (χ4n) is 1.48. The molecule has 0 spiro atoms. The number of esters is 1. The topological polar surface area (TPSA) is 26.3 Å². The fraction of sp³-hybridized carbons (Fsp3) is 0.312. The van der Waals surface area contributed by atoms with Gasteiger partial charge in [0.15, 0.2) is 0 Å². The van der Waals surface area contributed by atoms with Crippen molar-refractivity contribution in [3.63, 3.8) is 0 Å². The Hall–Kier alpha value is -1.83. The predicted molar refractivity (Wildman–Crippen MR) is 75.3 cm³/mol. The molecule has 0 amide bonds. The summed E-state index contributed by atoms with van der Waals surface area (Å²) < 4.78 is 4.78. The summed E-state index contributed by atoms with van der Waals surface area (Å²) in [4.78, 5) is 11.0. The van der Waals surface area contributed by atoms with E-state index in [1.165, 1.54) is 11.6 Å². The standard InChI is InChI=1S/C16H20O2/c1-4-18-16(17)8-6-5-7-14-9-11-15(12-10-14)13(2)3/h5-13H,4H2,1-3H3. The molecule has 0 aliphatic rings. The van der Waals surface area contributed by atoms with E-state index in [0.29, 0.717) is 12.5 Å².